The number of hydrogen-bond donors (Lipinski definition) is 1. The van der Waals surface area contributed by atoms with Crippen LogP contribution in [0.25, 0.3) is 10.9 Å². The van der Waals surface area contributed by atoms with Crippen LogP contribution in [0.3, 0.4) is 0 Å². The van der Waals surface area contributed by atoms with Crippen molar-refractivity contribution in [2.45, 2.75) is 45.0 Å². The van der Waals surface area contributed by atoms with Gasteiger partial charge in [-0.05, 0) is 50.5 Å². The molecule has 3 heterocycles. The number of aryl methyl sites for hydroxylation is 1. The summed E-state index contributed by atoms with van der Waals surface area (Å²) in [5.74, 6) is 0.497. The lowest BCUT2D eigenvalue weighted by atomic mass is 10.0. The molecule has 1 aliphatic rings. The lowest BCUT2D eigenvalue weighted by Gasteiger charge is -2.32. The van der Waals surface area contributed by atoms with Gasteiger partial charge in [-0.15, -0.1) is 5.10 Å². The Hall–Kier alpha value is -2.94. The van der Waals surface area contributed by atoms with Crippen LogP contribution in [0.5, 0.6) is 0 Å². The summed E-state index contributed by atoms with van der Waals surface area (Å²) in [7, 11) is 1.74. The first kappa shape index (κ1) is 22.3. The number of anilines is 2. The first-order chi connectivity index (χ1) is 15.3. The van der Waals surface area contributed by atoms with E-state index >= 15 is 0 Å². The fourth-order valence-corrected chi connectivity index (χ4v) is 4.05. The van der Waals surface area contributed by atoms with Crippen LogP contribution in [-0.4, -0.2) is 41.5 Å². The van der Waals surface area contributed by atoms with Gasteiger partial charge in [0.15, 0.2) is 5.82 Å². The average molecular weight is 445 g/mol. The minimum absolute atomic E-state index is 0.276. The predicted molar refractivity (Wildman–Crippen MR) is 118 cm³/mol. The molecule has 0 spiro atoms. The molecule has 0 aliphatic carbocycles. The highest BCUT2D eigenvalue weighted by molar-refractivity contribution is 5.92. The van der Waals surface area contributed by atoms with E-state index in [9.17, 15) is 13.2 Å². The second kappa shape index (κ2) is 8.90. The van der Waals surface area contributed by atoms with Crippen LogP contribution in [-0.2, 0) is 10.9 Å². The molecule has 2 aromatic heterocycles. The summed E-state index contributed by atoms with van der Waals surface area (Å²) >= 11 is 0. The van der Waals surface area contributed by atoms with Crippen molar-refractivity contribution in [3.8, 4) is 0 Å². The summed E-state index contributed by atoms with van der Waals surface area (Å²) in [4.78, 5) is 6.88. The standard InChI is InChI=1S/C23H26F3N5O/c1-14(16-5-4-6-17(11-16)23(24,25)26)28-22-20-12-18(13-27-21(20)15(2)29-30-22)31-9-7-19(32-3)8-10-31/h4-6,11-14,19H,7-10H2,1-3H3,(H,28,30)/t14-/m1/s1. The third-order valence-electron chi connectivity index (χ3n) is 5.98. The van der Waals surface area contributed by atoms with Crippen molar-refractivity contribution < 1.29 is 17.9 Å². The fraction of sp³-hybridized carbons (Fsp3) is 0.435. The van der Waals surface area contributed by atoms with Crippen LogP contribution in [0.4, 0.5) is 24.7 Å². The highest BCUT2D eigenvalue weighted by Gasteiger charge is 2.30. The Kier molecular flexibility index (Phi) is 6.19. The first-order valence-electron chi connectivity index (χ1n) is 10.6. The number of pyridine rings is 1. The van der Waals surface area contributed by atoms with Crippen molar-refractivity contribution >= 4 is 22.4 Å². The zero-order valence-corrected chi connectivity index (χ0v) is 18.3. The quantitative estimate of drug-likeness (QED) is 0.587. The van der Waals surface area contributed by atoms with Crippen molar-refractivity contribution in [3.63, 3.8) is 0 Å². The molecule has 0 radical (unpaired) electrons. The summed E-state index contributed by atoms with van der Waals surface area (Å²) in [6.45, 7) is 5.38. The number of hydrogen-bond acceptors (Lipinski definition) is 6. The fourth-order valence-electron chi connectivity index (χ4n) is 4.05. The number of aromatic nitrogens is 3. The van der Waals surface area contributed by atoms with Gasteiger partial charge in [0.2, 0.25) is 0 Å². The number of fused-ring (bicyclic) bond motifs is 1. The van der Waals surface area contributed by atoms with E-state index in [0.717, 1.165) is 49.1 Å². The van der Waals surface area contributed by atoms with Gasteiger partial charge >= 0.3 is 6.18 Å². The monoisotopic (exact) mass is 445 g/mol. The van der Waals surface area contributed by atoms with E-state index in [1.54, 1.807) is 20.1 Å². The SMILES string of the molecule is COC1CCN(c2cnc3c(C)nnc(N[C@H](C)c4cccc(C(F)(F)F)c4)c3c2)CC1. The van der Waals surface area contributed by atoms with E-state index in [1.165, 1.54) is 6.07 Å². The minimum atomic E-state index is -4.39. The zero-order valence-electron chi connectivity index (χ0n) is 18.3. The summed E-state index contributed by atoms with van der Waals surface area (Å²) in [6.07, 6.45) is -0.385. The molecule has 1 aliphatic heterocycles. The molecule has 0 bridgehead atoms. The van der Waals surface area contributed by atoms with E-state index < -0.39 is 17.8 Å². The number of nitrogens with one attached hydrogen (secondary N) is 1. The summed E-state index contributed by atoms with van der Waals surface area (Å²) in [5, 5.41) is 12.5. The maximum atomic E-state index is 13.1. The van der Waals surface area contributed by atoms with Gasteiger partial charge in [-0.3, -0.25) is 4.98 Å². The molecule has 6 nitrogen and oxygen atoms in total. The smallest absolute Gasteiger partial charge is 0.381 e. The normalized spacial score (nSPS) is 16.4. The van der Waals surface area contributed by atoms with Gasteiger partial charge in [0.25, 0.3) is 0 Å². The Morgan fingerprint density at radius 1 is 1.16 bits per heavy atom. The molecule has 0 saturated carbocycles. The number of halogens is 3. The zero-order chi connectivity index (χ0) is 22.9. The Labute approximate surface area is 184 Å². The second-order valence-corrected chi connectivity index (χ2v) is 8.14. The van der Waals surface area contributed by atoms with Gasteiger partial charge in [0.1, 0.15) is 0 Å². The number of benzene rings is 1. The summed E-state index contributed by atoms with van der Waals surface area (Å²) in [6, 6.07) is 6.93. The van der Waals surface area contributed by atoms with Gasteiger partial charge < -0.3 is 15.0 Å². The predicted octanol–water partition coefficient (Wildman–Crippen LogP) is 5.14. The lowest BCUT2D eigenvalue weighted by molar-refractivity contribution is -0.137. The van der Waals surface area contributed by atoms with Crippen LogP contribution in [0.1, 0.15) is 42.6 Å². The molecule has 170 valence electrons. The van der Waals surface area contributed by atoms with Crippen LogP contribution in [0.15, 0.2) is 36.5 Å². The largest absolute Gasteiger partial charge is 0.416 e. The van der Waals surface area contributed by atoms with Gasteiger partial charge in [-0.2, -0.15) is 18.3 Å². The van der Waals surface area contributed by atoms with E-state index in [2.05, 4.69) is 25.4 Å². The van der Waals surface area contributed by atoms with Crippen LogP contribution in [0.2, 0.25) is 0 Å². The van der Waals surface area contributed by atoms with Crippen LogP contribution in [0, 0.1) is 6.92 Å². The topological polar surface area (TPSA) is 63.2 Å². The molecule has 3 aromatic rings. The van der Waals surface area contributed by atoms with Crippen molar-refractivity contribution in [2.24, 2.45) is 0 Å². The molecule has 1 saturated heterocycles. The Bertz CT molecular complexity index is 1100. The molecule has 0 unspecified atom stereocenters. The van der Waals surface area contributed by atoms with Gasteiger partial charge in [0.05, 0.1) is 40.8 Å². The maximum absolute atomic E-state index is 13.1. The van der Waals surface area contributed by atoms with Gasteiger partial charge in [0, 0.05) is 25.6 Å². The minimum Gasteiger partial charge on any atom is -0.381 e. The number of nitrogens with zero attached hydrogens (tertiary/aromatic N) is 4. The number of ether oxygens (including phenoxy) is 1. The van der Waals surface area contributed by atoms with E-state index in [4.69, 9.17) is 4.74 Å². The molecule has 1 N–H and O–H groups in total. The van der Waals surface area contributed by atoms with Crippen molar-refractivity contribution in [1.29, 1.82) is 0 Å². The summed E-state index contributed by atoms with van der Waals surface area (Å²) < 4.78 is 44.8. The number of rotatable bonds is 5. The first-order valence-corrected chi connectivity index (χ1v) is 10.6. The van der Waals surface area contributed by atoms with Crippen LogP contribution < -0.4 is 10.2 Å². The molecule has 1 aromatic carbocycles. The number of alkyl halides is 3. The number of methoxy groups -OCH3 is 1. The van der Waals surface area contributed by atoms with E-state index in [1.807, 2.05) is 19.2 Å². The molecule has 4 rings (SSSR count). The molecule has 1 fully saturated rings. The van der Waals surface area contributed by atoms with E-state index in [-0.39, 0.29) is 6.10 Å². The average Bonchev–Trinajstić information content (AvgIpc) is 2.80. The third kappa shape index (κ3) is 4.62. The Balaban J connectivity index is 1.63. The summed E-state index contributed by atoms with van der Waals surface area (Å²) in [5.41, 5.74) is 2.23. The van der Waals surface area contributed by atoms with Crippen LogP contribution >= 0.6 is 0 Å². The molecule has 1 atom stereocenters. The molecule has 32 heavy (non-hydrogen) atoms. The van der Waals surface area contributed by atoms with Crippen molar-refractivity contribution in [3.05, 3.63) is 53.3 Å². The highest BCUT2D eigenvalue weighted by atomic mass is 19.4. The van der Waals surface area contributed by atoms with Crippen molar-refractivity contribution in [2.75, 3.05) is 30.4 Å². The number of piperidine rings is 1. The Morgan fingerprint density at radius 2 is 1.91 bits per heavy atom. The molecular formula is C23H26F3N5O. The van der Waals surface area contributed by atoms with E-state index in [0.29, 0.717) is 22.6 Å². The lowest BCUT2D eigenvalue weighted by Crippen LogP contribution is -2.36. The molecular weight excluding hydrogens is 419 g/mol. The van der Waals surface area contributed by atoms with Crippen molar-refractivity contribution in [1.82, 2.24) is 15.2 Å². The van der Waals surface area contributed by atoms with Gasteiger partial charge in [-0.25, -0.2) is 0 Å². The highest BCUT2D eigenvalue weighted by Crippen LogP contribution is 2.33. The van der Waals surface area contributed by atoms with Gasteiger partial charge in [-0.1, -0.05) is 12.1 Å². The maximum Gasteiger partial charge on any atom is 0.416 e. The Morgan fingerprint density at radius 3 is 2.59 bits per heavy atom. The molecule has 9 heteroatoms. The second-order valence-electron chi connectivity index (χ2n) is 8.14. The molecule has 0 amide bonds. The third-order valence-corrected chi connectivity index (χ3v) is 5.98.